The topological polar surface area (TPSA) is 20.2 Å². The highest BCUT2D eigenvalue weighted by Crippen LogP contribution is 2.72. The summed E-state index contributed by atoms with van der Waals surface area (Å²) in [5, 5.41) is 9.66. The fourth-order valence-electron chi connectivity index (χ4n) is 4.18. The van der Waals surface area contributed by atoms with Gasteiger partial charge in [0.1, 0.15) is 0 Å². The predicted octanol–water partition coefficient (Wildman–Crippen LogP) is 2.61. The number of hydrogen-bond donors (Lipinski definition) is 1. The predicted molar refractivity (Wildman–Crippen MR) is 56.8 cm³/mol. The summed E-state index contributed by atoms with van der Waals surface area (Å²) in [6.45, 7) is 5.04. The van der Waals surface area contributed by atoms with Crippen molar-refractivity contribution in [1.82, 2.24) is 0 Å². The van der Waals surface area contributed by atoms with Crippen molar-refractivity contribution in [3.63, 3.8) is 0 Å². The molecule has 2 saturated carbocycles. The lowest BCUT2D eigenvalue weighted by atomic mass is 9.75. The van der Waals surface area contributed by atoms with E-state index in [-0.39, 0.29) is 5.41 Å². The zero-order valence-corrected chi connectivity index (χ0v) is 9.16. The van der Waals surface area contributed by atoms with Gasteiger partial charge in [0, 0.05) is 12.0 Å². The highest BCUT2D eigenvalue weighted by atomic mass is 16.3. The highest BCUT2D eigenvalue weighted by molar-refractivity contribution is 5.21. The Morgan fingerprint density at radius 1 is 1.29 bits per heavy atom. The Hall–Kier alpha value is -0.300. The summed E-state index contributed by atoms with van der Waals surface area (Å²) >= 11 is 0. The minimum Gasteiger partial charge on any atom is -0.396 e. The van der Waals surface area contributed by atoms with Crippen LogP contribution < -0.4 is 0 Å². The van der Waals surface area contributed by atoms with E-state index in [9.17, 15) is 5.11 Å². The minimum absolute atomic E-state index is 0.275. The van der Waals surface area contributed by atoms with Crippen molar-refractivity contribution < 1.29 is 5.11 Å². The van der Waals surface area contributed by atoms with Crippen LogP contribution in [0.25, 0.3) is 0 Å². The Balaban J connectivity index is 1.87. The smallest absolute Gasteiger partial charge is 0.0495 e. The first-order valence-corrected chi connectivity index (χ1v) is 5.88. The molecule has 3 aliphatic rings. The van der Waals surface area contributed by atoms with Crippen LogP contribution in [-0.4, -0.2) is 11.7 Å². The minimum atomic E-state index is 0.275. The van der Waals surface area contributed by atoms with Gasteiger partial charge >= 0.3 is 0 Å². The van der Waals surface area contributed by atoms with Crippen molar-refractivity contribution in [2.45, 2.75) is 33.1 Å². The average Bonchev–Trinajstić information content (AvgIpc) is 2.62. The van der Waals surface area contributed by atoms with E-state index in [1.54, 1.807) is 0 Å². The molecule has 0 aliphatic heterocycles. The van der Waals surface area contributed by atoms with Crippen molar-refractivity contribution in [3.05, 3.63) is 12.2 Å². The zero-order chi connectivity index (χ0) is 9.97. The van der Waals surface area contributed by atoms with Gasteiger partial charge in [-0.3, -0.25) is 0 Å². The van der Waals surface area contributed by atoms with Crippen molar-refractivity contribution in [2.75, 3.05) is 6.61 Å². The van der Waals surface area contributed by atoms with Crippen LogP contribution in [0.5, 0.6) is 0 Å². The molecule has 0 aromatic carbocycles. The molecule has 1 heteroatoms. The second-order valence-corrected chi connectivity index (χ2v) is 6.26. The molecular formula is C13H20O. The Morgan fingerprint density at radius 2 is 2.00 bits per heavy atom. The molecule has 0 saturated heterocycles. The van der Waals surface area contributed by atoms with Crippen LogP contribution in [0.1, 0.15) is 33.1 Å². The molecule has 0 heterocycles. The third-order valence-electron chi connectivity index (χ3n) is 5.25. The second kappa shape index (κ2) is 2.44. The third-order valence-corrected chi connectivity index (χ3v) is 5.25. The van der Waals surface area contributed by atoms with E-state index in [0.29, 0.717) is 12.0 Å². The molecule has 3 rings (SSSR count). The largest absolute Gasteiger partial charge is 0.396 e. The van der Waals surface area contributed by atoms with Crippen LogP contribution in [0.3, 0.4) is 0 Å². The lowest BCUT2D eigenvalue weighted by Gasteiger charge is -2.30. The fourth-order valence-corrected chi connectivity index (χ4v) is 4.18. The lowest BCUT2D eigenvalue weighted by molar-refractivity contribution is 0.106. The fraction of sp³-hybridized carbons (Fsp3) is 0.846. The normalized spacial score (nSPS) is 52.6. The van der Waals surface area contributed by atoms with Crippen LogP contribution in [0.4, 0.5) is 0 Å². The van der Waals surface area contributed by atoms with Crippen LogP contribution in [0.2, 0.25) is 0 Å². The Labute approximate surface area is 86.2 Å². The number of fused-ring (bicyclic) bond motifs is 2. The molecule has 3 aliphatic carbocycles. The van der Waals surface area contributed by atoms with Gasteiger partial charge in [-0.1, -0.05) is 26.0 Å². The molecule has 2 fully saturated rings. The van der Waals surface area contributed by atoms with E-state index in [4.69, 9.17) is 0 Å². The molecule has 0 spiro atoms. The van der Waals surface area contributed by atoms with Gasteiger partial charge in [-0.15, -0.1) is 0 Å². The van der Waals surface area contributed by atoms with Gasteiger partial charge in [-0.25, -0.2) is 0 Å². The van der Waals surface area contributed by atoms with E-state index in [1.807, 2.05) is 0 Å². The number of aliphatic hydroxyl groups excluding tert-OH is 1. The number of allylic oxidation sites excluding steroid dienone is 2. The molecule has 1 N–H and O–H groups in total. The van der Waals surface area contributed by atoms with Crippen molar-refractivity contribution in [3.8, 4) is 0 Å². The van der Waals surface area contributed by atoms with Crippen LogP contribution in [-0.2, 0) is 0 Å². The Bertz CT molecular complexity index is 292. The molecule has 4 unspecified atom stereocenters. The molecule has 0 aromatic heterocycles. The third kappa shape index (κ3) is 0.894. The number of rotatable bonds is 2. The Morgan fingerprint density at radius 3 is 2.36 bits per heavy atom. The standard InChI is InChI=1S/C13H20O/c1-12(2)7-13(12,8-14)11-6-9-3-4-10(11)5-9/h3-4,9-11,14H,5-8H2,1-2H3. The summed E-state index contributed by atoms with van der Waals surface area (Å²) in [7, 11) is 0. The molecular weight excluding hydrogens is 172 g/mol. The van der Waals surface area contributed by atoms with Gasteiger partial charge in [-0.05, 0) is 42.4 Å². The maximum absolute atomic E-state index is 9.66. The van der Waals surface area contributed by atoms with E-state index >= 15 is 0 Å². The van der Waals surface area contributed by atoms with Crippen LogP contribution in [0, 0.1) is 28.6 Å². The van der Waals surface area contributed by atoms with Crippen LogP contribution in [0.15, 0.2) is 12.2 Å². The maximum atomic E-state index is 9.66. The van der Waals surface area contributed by atoms with Gasteiger partial charge in [0.2, 0.25) is 0 Å². The van der Waals surface area contributed by atoms with Crippen molar-refractivity contribution in [2.24, 2.45) is 28.6 Å². The molecule has 78 valence electrons. The average molecular weight is 192 g/mol. The number of aliphatic hydroxyl groups is 1. The van der Waals surface area contributed by atoms with Crippen molar-refractivity contribution in [1.29, 1.82) is 0 Å². The number of hydrogen-bond acceptors (Lipinski definition) is 1. The van der Waals surface area contributed by atoms with E-state index in [0.717, 1.165) is 17.8 Å². The van der Waals surface area contributed by atoms with Gasteiger partial charge in [0.15, 0.2) is 0 Å². The molecule has 0 radical (unpaired) electrons. The summed E-state index contributed by atoms with van der Waals surface area (Å²) in [4.78, 5) is 0. The molecule has 1 nitrogen and oxygen atoms in total. The summed E-state index contributed by atoms with van der Waals surface area (Å²) in [5.41, 5.74) is 0.669. The first-order chi connectivity index (χ1) is 6.59. The summed E-state index contributed by atoms with van der Waals surface area (Å²) in [6.07, 6.45) is 8.73. The van der Waals surface area contributed by atoms with Crippen molar-refractivity contribution >= 4 is 0 Å². The van der Waals surface area contributed by atoms with Crippen LogP contribution >= 0.6 is 0 Å². The first-order valence-electron chi connectivity index (χ1n) is 5.88. The maximum Gasteiger partial charge on any atom is 0.0495 e. The monoisotopic (exact) mass is 192 g/mol. The Kier molecular flexibility index (Phi) is 1.56. The summed E-state index contributed by atoms with van der Waals surface area (Å²) < 4.78 is 0. The quantitative estimate of drug-likeness (QED) is 0.667. The molecule has 2 bridgehead atoms. The SMILES string of the molecule is CC1(C)CC1(CO)C1CC2C=CC1C2. The highest BCUT2D eigenvalue weighted by Gasteiger charge is 2.66. The van der Waals surface area contributed by atoms with Gasteiger partial charge in [-0.2, -0.15) is 0 Å². The molecule has 0 amide bonds. The van der Waals surface area contributed by atoms with E-state index in [2.05, 4.69) is 26.0 Å². The first kappa shape index (κ1) is 8.96. The van der Waals surface area contributed by atoms with E-state index < -0.39 is 0 Å². The summed E-state index contributed by atoms with van der Waals surface area (Å²) in [6, 6.07) is 0. The van der Waals surface area contributed by atoms with Gasteiger partial charge < -0.3 is 5.11 Å². The van der Waals surface area contributed by atoms with E-state index in [1.165, 1.54) is 19.3 Å². The second-order valence-electron chi connectivity index (χ2n) is 6.26. The lowest BCUT2D eigenvalue weighted by Crippen LogP contribution is -2.28. The summed E-state index contributed by atoms with van der Waals surface area (Å²) in [5.74, 6) is 2.40. The molecule has 14 heavy (non-hydrogen) atoms. The van der Waals surface area contributed by atoms with Gasteiger partial charge in [0.05, 0.1) is 0 Å². The molecule has 0 aromatic rings. The molecule has 4 atom stereocenters. The zero-order valence-electron chi connectivity index (χ0n) is 9.16. The van der Waals surface area contributed by atoms with Gasteiger partial charge in [0.25, 0.3) is 0 Å².